The summed E-state index contributed by atoms with van der Waals surface area (Å²) >= 11 is 0. The van der Waals surface area contributed by atoms with E-state index in [2.05, 4.69) is 70.3 Å². The summed E-state index contributed by atoms with van der Waals surface area (Å²) in [5.74, 6) is -0.429. The molecule has 0 saturated carbocycles. The van der Waals surface area contributed by atoms with Gasteiger partial charge in [0.15, 0.2) is 0 Å². The monoisotopic (exact) mass is 599 g/mol. The quantitative estimate of drug-likeness (QED) is 0.256. The normalized spacial score (nSPS) is 18.9. The number of carbonyl (C=O) groups excluding carboxylic acids is 1. The van der Waals surface area contributed by atoms with Gasteiger partial charge in [-0.1, -0.05) is 130 Å². The van der Waals surface area contributed by atoms with Crippen molar-refractivity contribution in [1.29, 1.82) is 0 Å². The molecule has 1 fully saturated rings. The first kappa shape index (κ1) is 29.7. The maximum Gasteiger partial charge on any atom is 0.324 e. The Bertz CT molecular complexity index is 1340. The Hall–Kier alpha value is -2.24. The van der Waals surface area contributed by atoms with Crippen LogP contribution in [0.2, 0.25) is 23.7 Å². The van der Waals surface area contributed by atoms with Gasteiger partial charge in [-0.15, -0.1) is 0 Å². The molecular weight excluding hydrogens is 562 g/mol. The first-order chi connectivity index (χ1) is 18.3. The molecule has 0 aliphatic carbocycles. The van der Waals surface area contributed by atoms with Gasteiger partial charge in [0.2, 0.25) is 5.91 Å². The number of nitrogens with zero attached hydrogens (tertiary/aromatic N) is 1. The molecular formula is C30H38ClNO4SSi2. The SMILES string of the molecule is CC(C)(C)[Si](OCC[C@@H]1[C@@H]([Si](C)(C)c2ccccc2)CC(=O)N1S(=O)(=O)Cl)(c1ccccc1)c1ccccc1. The minimum atomic E-state index is -4.24. The van der Waals surface area contributed by atoms with E-state index in [1.165, 1.54) is 5.19 Å². The molecule has 4 rings (SSSR count). The summed E-state index contributed by atoms with van der Waals surface area (Å²) in [4.78, 5) is 13.1. The highest BCUT2D eigenvalue weighted by molar-refractivity contribution is 8.12. The summed E-state index contributed by atoms with van der Waals surface area (Å²) in [5, 5.41) is 3.29. The summed E-state index contributed by atoms with van der Waals surface area (Å²) < 4.78 is 33.4. The number of amides is 1. The molecule has 9 heteroatoms. The zero-order valence-electron chi connectivity index (χ0n) is 23.3. The Morgan fingerprint density at radius 3 is 1.69 bits per heavy atom. The molecule has 1 saturated heterocycles. The molecule has 1 heterocycles. The zero-order valence-corrected chi connectivity index (χ0v) is 26.9. The molecule has 0 radical (unpaired) electrons. The third-order valence-corrected chi connectivity index (χ3v) is 18.9. The van der Waals surface area contributed by atoms with Crippen molar-refractivity contribution in [3.63, 3.8) is 0 Å². The van der Waals surface area contributed by atoms with Crippen LogP contribution in [0.3, 0.4) is 0 Å². The molecule has 39 heavy (non-hydrogen) atoms. The summed E-state index contributed by atoms with van der Waals surface area (Å²) in [7, 11) is -3.43. The van der Waals surface area contributed by atoms with Gasteiger partial charge in [-0.2, -0.15) is 8.42 Å². The van der Waals surface area contributed by atoms with Crippen LogP contribution >= 0.6 is 10.7 Å². The van der Waals surface area contributed by atoms with Crippen molar-refractivity contribution in [2.24, 2.45) is 0 Å². The van der Waals surface area contributed by atoms with Gasteiger partial charge in [-0.3, -0.25) is 4.79 Å². The number of benzene rings is 3. The maximum absolute atomic E-state index is 13.1. The smallest absolute Gasteiger partial charge is 0.324 e. The number of rotatable bonds is 9. The molecule has 0 spiro atoms. The lowest BCUT2D eigenvalue weighted by atomic mass is 10.1. The van der Waals surface area contributed by atoms with E-state index in [0.717, 1.165) is 14.7 Å². The standard InChI is InChI=1S/C30H38ClNO4SSi2/c1-30(2,3)39(25-17-11-7-12-18-25,26-19-13-8-14-20-26)36-22-21-27-28(23-29(33)32(27)37(31,34)35)38(4,5)24-15-9-6-10-16-24/h6-20,27-28H,21-23H2,1-5H3/t27-,28+/m1/s1. The Labute approximate surface area is 239 Å². The van der Waals surface area contributed by atoms with Crippen molar-refractivity contribution in [3.05, 3.63) is 91.0 Å². The minimum absolute atomic E-state index is 0.122. The van der Waals surface area contributed by atoms with Crippen molar-refractivity contribution in [1.82, 2.24) is 4.31 Å². The van der Waals surface area contributed by atoms with Crippen molar-refractivity contribution >= 4 is 57.8 Å². The van der Waals surface area contributed by atoms with E-state index in [1.807, 2.05) is 54.6 Å². The summed E-state index contributed by atoms with van der Waals surface area (Å²) in [6, 6.07) is 30.3. The van der Waals surface area contributed by atoms with Crippen LogP contribution in [0.15, 0.2) is 91.0 Å². The van der Waals surface area contributed by atoms with Gasteiger partial charge < -0.3 is 4.43 Å². The fraction of sp³-hybridized carbons (Fsp3) is 0.367. The van der Waals surface area contributed by atoms with Crippen LogP contribution in [0.5, 0.6) is 0 Å². The second-order valence-electron chi connectivity index (χ2n) is 11.9. The average Bonchev–Trinajstić information content (AvgIpc) is 3.24. The van der Waals surface area contributed by atoms with E-state index >= 15 is 0 Å². The van der Waals surface area contributed by atoms with Gasteiger partial charge in [0, 0.05) is 23.7 Å². The molecule has 3 aromatic rings. The second-order valence-corrected chi connectivity index (χ2v) is 23.4. The molecule has 0 aromatic heterocycles. The van der Waals surface area contributed by atoms with Crippen molar-refractivity contribution in [2.45, 2.75) is 63.3 Å². The van der Waals surface area contributed by atoms with Crippen LogP contribution < -0.4 is 15.6 Å². The predicted molar refractivity (Wildman–Crippen MR) is 166 cm³/mol. The number of hydrogen-bond acceptors (Lipinski definition) is 4. The van der Waals surface area contributed by atoms with Gasteiger partial charge in [-0.05, 0) is 27.4 Å². The van der Waals surface area contributed by atoms with Gasteiger partial charge in [0.25, 0.3) is 8.32 Å². The highest BCUT2D eigenvalue weighted by Gasteiger charge is 2.54. The maximum atomic E-state index is 13.1. The molecule has 2 atom stereocenters. The number of carbonyl (C=O) groups is 1. The molecule has 208 valence electrons. The lowest BCUT2D eigenvalue weighted by Crippen LogP contribution is -2.66. The predicted octanol–water partition coefficient (Wildman–Crippen LogP) is 5.02. The van der Waals surface area contributed by atoms with Gasteiger partial charge in [-0.25, -0.2) is 4.31 Å². The summed E-state index contributed by atoms with van der Waals surface area (Å²) in [6.07, 6.45) is 0.556. The molecule has 1 amide bonds. The van der Waals surface area contributed by atoms with Crippen LogP contribution in [0.25, 0.3) is 0 Å². The van der Waals surface area contributed by atoms with Crippen molar-refractivity contribution in [2.75, 3.05) is 6.61 Å². The number of halogens is 1. The van der Waals surface area contributed by atoms with Gasteiger partial charge in [0.1, 0.15) is 0 Å². The van der Waals surface area contributed by atoms with E-state index < -0.39 is 37.6 Å². The molecule has 3 aromatic carbocycles. The first-order valence-electron chi connectivity index (χ1n) is 13.4. The van der Waals surface area contributed by atoms with Gasteiger partial charge in [0.05, 0.1) is 14.1 Å². The lowest BCUT2D eigenvalue weighted by Gasteiger charge is -2.43. The van der Waals surface area contributed by atoms with E-state index in [1.54, 1.807) is 0 Å². The van der Waals surface area contributed by atoms with Gasteiger partial charge >= 0.3 is 9.24 Å². The first-order valence-corrected chi connectivity index (χ1v) is 20.6. The fourth-order valence-electron chi connectivity index (χ4n) is 6.28. The van der Waals surface area contributed by atoms with E-state index in [4.69, 9.17) is 15.1 Å². The van der Waals surface area contributed by atoms with Crippen LogP contribution in [-0.4, -0.2) is 47.7 Å². The van der Waals surface area contributed by atoms with E-state index in [-0.39, 0.29) is 17.0 Å². The zero-order chi connectivity index (χ0) is 28.5. The Balaban J connectivity index is 1.73. The Kier molecular flexibility index (Phi) is 8.64. The van der Waals surface area contributed by atoms with Crippen LogP contribution in [0, 0.1) is 0 Å². The van der Waals surface area contributed by atoms with Crippen LogP contribution in [0.4, 0.5) is 0 Å². The third kappa shape index (κ3) is 5.81. The fourth-order valence-corrected chi connectivity index (χ4v) is 15.8. The molecule has 5 nitrogen and oxygen atoms in total. The highest BCUT2D eigenvalue weighted by atomic mass is 35.7. The number of hydrogen-bond donors (Lipinski definition) is 0. The highest BCUT2D eigenvalue weighted by Crippen LogP contribution is 2.43. The Morgan fingerprint density at radius 1 is 0.846 bits per heavy atom. The van der Waals surface area contributed by atoms with E-state index in [9.17, 15) is 13.2 Å². The molecule has 0 bridgehead atoms. The summed E-state index contributed by atoms with van der Waals surface area (Å²) in [5.41, 5.74) is -0.122. The van der Waals surface area contributed by atoms with Crippen LogP contribution in [0.1, 0.15) is 33.6 Å². The third-order valence-electron chi connectivity index (χ3n) is 8.23. The Morgan fingerprint density at radius 2 is 1.28 bits per heavy atom. The van der Waals surface area contributed by atoms with Crippen molar-refractivity contribution in [3.8, 4) is 0 Å². The van der Waals surface area contributed by atoms with E-state index in [0.29, 0.717) is 13.0 Å². The van der Waals surface area contributed by atoms with Crippen molar-refractivity contribution < 1.29 is 17.6 Å². The lowest BCUT2D eigenvalue weighted by molar-refractivity contribution is -0.124. The second kappa shape index (κ2) is 11.3. The molecule has 1 aliphatic heterocycles. The molecule has 0 N–H and O–H groups in total. The topological polar surface area (TPSA) is 63.7 Å². The average molecular weight is 600 g/mol. The largest absolute Gasteiger partial charge is 0.407 e. The summed E-state index contributed by atoms with van der Waals surface area (Å²) in [6.45, 7) is 11.4. The minimum Gasteiger partial charge on any atom is -0.407 e. The van der Waals surface area contributed by atoms with Crippen LogP contribution in [-0.2, 0) is 18.5 Å². The molecule has 0 unspecified atom stereocenters. The molecule has 1 aliphatic rings.